The number of rotatable bonds is 5. The first kappa shape index (κ1) is 17.5. The molecule has 24 heavy (non-hydrogen) atoms. The van der Waals surface area contributed by atoms with E-state index in [-0.39, 0.29) is 23.3 Å². The Kier molecular flexibility index (Phi) is 5.52. The largest absolute Gasteiger partial charge is 0.416 e. The number of urea groups is 1. The average molecular weight is 354 g/mol. The summed E-state index contributed by atoms with van der Waals surface area (Å²) in [5.74, 6) is -0.454. The number of aromatic nitrogens is 4. The minimum Gasteiger partial charge on any atom is -0.416 e. The van der Waals surface area contributed by atoms with Crippen LogP contribution in [0.25, 0.3) is 0 Å². The van der Waals surface area contributed by atoms with Crippen LogP contribution in [-0.2, 0) is 11.2 Å². The standard InChI is InChI=1S/C12H14N6O5S/c1-5-6(9(20)16-11(22)14-5)3-8-17-18-12(23-8)24-4-7(19)15-10(21)13-2/h3-4H2,1-2H3,(H2,13,15,19,21)(H2,14,16,20,22). The fourth-order valence-electron chi connectivity index (χ4n) is 1.71. The lowest BCUT2D eigenvalue weighted by atomic mass is 10.2. The molecule has 0 fully saturated rings. The van der Waals surface area contributed by atoms with Crippen molar-refractivity contribution in [2.24, 2.45) is 0 Å². The van der Waals surface area contributed by atoms with Gasteiger partial charge in [0.2, 0.25) is 11.8 Å². The van der Waals surface area contributed by atoms with Crippen molar-refractivity contribution in [3.63, 3.8) is 0 Å². The van der Waals surface area contributed by atoms with E-state index in [1.54, 1.807) is 6.92 Å². The highest BCUT2D eigenvalue weighted by Crippen LogP contribution is 2.17. The zero-order valence-electron chi connectivity index (χ0n) is 12.8. The molecule has 0 aliphatic carbocycles. The number of hydrogen-bond acceptors (Lipinski definition) is 8. The number of H-pyrrole nitrogens is 2. The fraction of sp³-hybridized carbons (Fsp3) is 0.333. The van der Waals surface area contributed by atoms with E-state index in [0.29, 0.717) is 11.3 Å². The monoisotopic (exact) mass is 354 g/mol. The van der Waals surface area contributed by atoms with E-state index in [1.807, 2.05) is 0 Å². The van der Waals surface area contributed by atoms with Crippen molar-refractivity contribution in [3.05, 3.63) is 38.0 Å². The lowest BCUT2D eigenvalue weighted by molar-refractivity contribution is -0.117. The van der Waals surface area contributed by atoms with Gasteiger partial charge < -0.3 is 14.7 Å². The van der Waals surface area contributed by atoms with Gasteiger partial charge in [0.15, 0.2) is 0 Å². The van der Waals surface area contributed by atoms with Crippen molar-refractivity contribution in [2.75, 3.05) is 12.8 Å². The Labute approximate surface area is 138 Å². The molecule has 0 spiro atoms. The van der Waals surface area contributed by atoms with Gasteiger partial charge in [-0.1, -0.05) is 11.8 Å². The van der Waals surface area contributed by atoms with Crippen LogP contribution < -0.4 is 21.9 Å². The van der Waals surface area contributed by atoms with Gasteiger partial charge in [-0.05, 0) is 6.92 Å². The number of aromatic amines is 2. The van der Waals surface area contributed by atoms with Crippen LogP contribution in [-0.4, -0.2) is 44.9 Å². The highest BCUT2D eigenvalue weighted by atomic mass is 32.2. The van der Waals surface area contributed by atoms with Gasteiger partial charge in [-0.15, -0.1) is 10.2 Å². The molecule has 0 saturated carbocycles. The van der Waals surface area contributed by atoms with Gasteiger partial charge in [0.25, 0.3) is 10.8 Å². The molecule has 12 heteroatoms. The lowest BCUT2D eigenvalue weighted by Crippen LogP contribution is -2.38. The van der Waals surface area contributed by atoms with Crippen LogP contribution in [0.4, 0.5) is 4.79 Å². The maximum absolute atomic E-state index is 11.8. The zero-order valence-corrected chi connectivity index (χ0v) is 13.6. The third kappa shape index (κ3) is 4.55. The minimum absolute atomic E-state index is 0.0376. The molecule has 0 aromatic carbocycles. The first-order valence-electron chi connectivity index (χ1n) is 6.68. The number of amides is 3. The van der Waals surface area contributed by atoms with Gasteiger partial charge in [-0.2, -0.15) is 0 Å². The van der Waals surface area contributed by atoms with E-state index >= 15 is 0 Å². The molecule has 3 amide bonds. The molecule has 128 valence electrons. The summed E-state index contributed by atoms with van der Waals surface area (Å²) in [7, 11) is 1.39. The SMILES string of the molecule is CNC(=O)NC(=O)CSc1nnc(Cc2c(C)[nH]c(=O)[nH]c2=O)o1. The Balaban J connectivity index is 1.99. The molecule has 4 N–H and O–H groups in total. The highest BCUT2D eigenvalue weighted by molar-refractivity contribution is 7.99. The number of nitrogens with zero attached hydrogens (tertiary/aromatic N) is 2. The molecular formula is C12H14N6O5S. The molecule has 0 unspecified atom stereocenters. The molecule has 0 aliphatic rings. The van der Waals surface area contributed by atoms with Gasteiger partial charge in [0, 0.05) is 18.3 Å². The molecule has 2 aromatic heterocycles. The third-order valence-electron chi connectivity index (χ3n) is 2.84. The topological polar surface area (TPSA) is 163 Å². The van der Waals surface area contributed by atoms with Crippen molar-refractivity contribution in [2.45, 2.75) is 18.6 Å². The Bertz CT molecular complexity index is 869. The van der Waals surface area contributed by atoms with Crippen LogP contribution in [0.2, 0.25) is 0 Å². The minimum atomic E-state index is -0.611. The van der Waals surface area contributed by atoms with E-state index in [2.05, 4.69) is 30.8 Å². The predicted molar refractivity (Wildman–Crippen MR) is 82.8 cm³/mol. The van der Waals surface area contributed by atoms with Gasteiger partial charge >= 0.3 is 11.7 Å². The summed E-state index contributed by atoms with van der Waals surface area (Å²) in [5, 5.41) is 12.0. The van der Waals surface area contributed by atoms with Crippen LogP contribution in [0.1, 0.15) is 17.1 Å². The summed E-state index contributed by atoms with van der Waals surface area (Å²) in [6.45, 7) is 1.58. The van der Waals surface area contributed by atoms with Crippen LogP contribution >= 0.6 is 11.8 Å². The second-order valence-corrected chi connectivity index (χ2v) is 5.49. The lowest BCUT2D eigenvalue weighted by Gasteiger charge is -2.01. The molecule has 0 bridgehead atoms. The summed E-state index contributed by atoms with van der Waals surface area (Å²) in [6, 6.07) is -0.611. The van der Waals surface area contributed by atoms with Crippen molar-refractivity contribution < 1.29 is 14.0 Å². The molecule has 11 nitrogen and oxygen atoms in total. The van der Waals surface area contributed by atoms with Gasteiger partial charge in [-0.3, -0.25) is 19.9 Å². The maximum Gasteiger partial charge on any atom is 0.325 e. The van der Waals surface area contributed by atoms with Crippen molar-refractivity contribution in [1.82, 2.24) is 30.8 Å². The Morgan fingerprint density at radius 1 is 1.25 bits per heavy atom. The fourth-order valence-corrected chi connectivity index (χ4v) is 2.29. The van der Waals surface area contributed by atoms with Crippen molar-refractivity contribution in [3.8, 4) is 0 Å². The summed E-state index contributed by atoms with van der Waals surface area (Å²) in [6.07, 6.45) is 0.0376. The van der Waals surface area contributed by atoms with Crippen LogP contribution in [0.15, 0.2) is 19.2 Å². The number of imide groups is 1. The average Bonchev–Trinajstić information content (AvgIpc) is 2.96. The summed E-state index contributed by atoms with van der Waals surface area (Å²) in [4.78, 5) is 49.9. The van der Waals surface area contributed by atoms with E-state index < -0.39 is 23.2 Å². The first-order valence-corrected chi connectivity index (χ1v) is 7.66. The van der Waals surface area contributed by atoms with Crippen molar-refractivity contribution in [1.29, 1.82) is 0 Å². The Morgan fingerprint density at radius 3 is 2.67 bits per heavy atom. The molecule has 0 radical (unpaired) electrons. The molecule has 0 atom stereocenters. The number of thioether (sulfide) groups is 1. The second kappa shape index (κ2) is 7.59. The van der Waals surface area contributed by atoms with Crippen LogP contribution in [0.5, 0.6) is 0 Å². The third-order valence-corrected chi connectivity index (χ3v) is 3.66. The van der Waals surface area contributed by atoms with E-state index in [1.165, 1.54) is 7.05 Å². The van der Waals surface area contributed by atoms with Crippen LogP contribution in [0, 0.1) is 6.92 Å². The Morgan fingerprint density at radius 2 is 2.00 bits per heavy atom. The molecular weight excluding hydrogens is 340 g/mol. The molecule has 2 aromatic rings. The first-order chi connectivity index (χ1) is 11.4. The number of nitrogens with one attached hydrogen (secondary N) is 4. The highest BCUT2D eigenvalue weighted by Gasteiger charge is 2.14. The van der Waals surface area contributed by atoms with Crippen molar-refractivity contribution >= 4 is 23.7 Å². The molecule has 0 aliphatic heterocycles. The quantitative estimate of drug-likeness (QED) is 0.491. The zero-order chi connectivity index (χ0) is 17.7. The molecule has 0 saturated heterocycles. The summed E-state index contributed by atoms with van der Waals surface area (Å²) in [5.41, 5.74) is -0.424. The predicted octanol–water partition coefficient (Wildman–Crippen LogP) is -1.11. The van der Waals surface area contributed by atoms with Gasteiger partial charge in [-0.25, -0.2) is 9.59 Å². The number of carbonyl (C=O) groups is 2. The Hall–Kier alpha value is -2.89. The van der Waals surface area contributed by atoms with Gasteiger partial charge in [0.05, 0.1) is 12.2 Å². The maximum atomic E-state index is 11.8. The number of aryl methyl sites for hydroxylation is 1. The van der Waals surface area contributed by atoms with E-state index in [4.69, 9.17) is 4.42 Å². The normalized spacial score (nSPS) is 10.4. The smallest absolute Gasteiger partial charge is 0.325 e. The second-order valence-electron chi connectivity index (χ2n) is 4.57. The molecule has 2 rings (SSSR count). The van der Waals surface area contributed by atoms with E-state index in [9.17, 15) is 19.2 Å². The summed E-state index contributed by atoms with van der Waals surface area (Å²) < 4.78 is 5.32. The summed E-state index contributed by atoms with van der Waals surface area (Å²) >= 11 is 0.947. The van der Waals surface area contributed by atoms with Gasteiger partial charge in [0.1, 0.15) is 0 Å². The van der Waals surface area contributed by atoms with E-state index in [0.717, 1.165) is 11.8 Å². The van der Waals surface area contributed by atoms with Crippen LogP contribution in [0.3, 0.4) is 0 Å². The number of carbonyl (C=O) groups excluding carboxylic acids is 2. The number of hydrogen-bond donors (Lipinski definition) is 4. The molecule has 2 heterocycles.